The normalized spacial score (nSPS) is 26.6. The van der Waals surface area contributed by atoms with Gasteiger partial charge in [0.1, 0.15) is 12.8 Å². The van der Waals surface area contributed by atoms with E-state index in [1.165, 1.54) is 6.92 Å². The zero-order valence-electron chi connectivity index (χ0n) is 19.5. The van der Waals surface area contributed by atoms with Crippen molar-refractivity contribution in [1.82, 2.24) is 14.9 Å². The summed E-state index contributed by atoms with van der Waals surface area (Å²) < 4.78 is 82.1. The molecule has 190 valence electrons. The Balaban J connectivity index is 1.43. The average Bonchev–Trinajstić information content (AvgIpc) is 3.29. The molecule has 1 aromatic heterocycles. The number of fused-ring (bicyclic) bond motifs is 2. The van der Waals surface area contributed by atoms with Gasteiger partial charge < -0.3 is 15.2 Å². The first-order chi connectivity index (χ1) is 16.5. The van der Waals surface area contributed by atoms with Gasteiger partial charge >= 0.3 is 12.2 Å². The van der Waals surface area contributed by atoms with Gasteiger partial charge in [0, 0.05) is 30.5 Å². The fourth-order valence-corrected chi connectivity index (χ4v) is 5.83. The average molecular weight is 498 g/mol. The number of benzene rings is 1. The third-order valence-electron chi connectivity index (χ3n) is 7.45. The molecule has 3 atom stereocenters. The van der Waals surface area contributed by atoms with Crippen LogP contribution in [0.15, 0.2) is 6.07 Å². The van der Waals surface area contributed by atoms with Crippen LogP contribution in [0, 0.1) is 19.7 Å². The third-order valence-corrected chi connectivity index (χ3v) is 7.45. The number of anilines is 1. The lowest BCUT2D eigenvalue weighted by atomic mass is 9.91. The molecule has 2 fully saturated rings. The number of nitrogens with zero attached hydrogens (tertiary/aromatic N) is 3. The second-order valence-corrected chi connectivity index (χ2v) is 9.77. The Hall–Kier alpha value is -2.53. The number of aromatic nitrogens is 2. The zero-order chi connectivity index (χ0) is 25.1. The van der Waals surface area contributed by atoms with Crippen molar-refractivity contribution in [3.05, 3.63) is 45.5 Å². The van der Waals surface area contributed by atoms with Gasteiger partial charge in [-0.05, 0) is 44.9 Å². The number of aryl methyl sites for hydroxylation is 2. The molecule has 0 spiro atoms. The highest BCUT2D eigenvalue weighted by atomic mass is 19.4. The predicted octanol–water partition coefficient (Wildman–Crippen LogP) is 4.60. The van der Waals surface area contributed by atoms with Crippen molar-refractivity contribution in [2.75, 3.05) is 25.4 Å². The van der Waals surface area contributed by atoms with Gasteiger partial charge in [0.25, 0.3) is 0 Å². The summed E-state index contributed by atoms with van der Waals surface area (Å²) in [7, 11) is 0. The van der Waals surface area contributed by atoms with Gasteiger partial charge in [0.15, 0.2) is 5.82 Å². The fourth-order valence-electron chi connectivity index (χ4n) is 5.83. The minimum absolute atomic E-state index is 0.0715. The molecule has 5 rings (SSSR count). The Kier molecular flexibility index (Phi) is 5.90. The minimum Gasteiger partial charge on any atom is -0.461 e. The smallest absolute Gasteiger partial charge is 0.417 e. The first-order valence-corrected chi connectivity index (χ1v) is 11.6. The Bertz CT molecular complexity index is 1160. The molecular weight excluding hydrogens is 471 g/mol. The maximum absolute atomic E-state index is 14.9. The van der Waals surface area contributed by atoms with Crippen LogP contribution in [0.5, 0.6) is 6.01 Å². The van der Waals surface area contributed by atoms with Crippen LogP contribution >= 0.6 is 0 Å². The molecule has 2 N–H and O–H groups in total. The molecular formula is C24H27F5N4O2. The molecule has 2 aromatic rings. The molecule has 0 unspecified atom stereocenters. The monoisotopic (exact) mass is 498 g/mol. The number of halogens is 5. The number of alkyl halides is 4. The van der Waals surface area contributed by atoms with Crippen molar-refractivity contribution in [3.63, 3.8) is 0 Å². The quantitative estimate of drug-likeness (QED) is 0.491. The van der Waals surface area contributed by atoms with Gasteiger partial charge in [-0.2, -0.15) is 18.2 Å². The largest absolute Gasteiger partial charge is 0.461 e. The van der Waals surface area contributed by atoms with E-state index in [-0.39, 0.29) is 42.4 Å². The van der Waals surface area contributed by atoms with E-state index in [0.29, 0.717) is 29.9 Å². The highest BCUT2D eigenvalue weighted by Gasteiger charge is 2.49. The molecule has 0 saturated carbocycles. The van der Waals surface area contributed by atoms with Crippen molar-refractivity contribution >= 4 is 5.69 Å². The summed E-state index contributed by atoms with van der Waals surface area (Å²) in [5, 5.41) is 0. The fraction of sp³-hybridized carbons (Fsp3) is 0.583. The highest BCUT2D eigenvalue weighted by Crippen LogP contribution is 2.44. The van der Waals surface area contributed by atoms with E-state index in [4.69, 9.17) is 15.2 Å². The number of ether oxygens (including phenoxy) is 2. The Labute approximate surface area is 199 Å². The van der Waals surface area contributed by atoms with Crippen molar-refractivity contribution in [2.24, 2.45) is 0 Å². The van der Waals surface area contributed by atoms with Crippen LogP contribution in [0.4, 0.5) is 27.6 Å². The lowest BCUT2D eigenvalue weighted by molar-refractivity contribution is -0.140. The van der Waals surface area contributed by atoms with Crippen molar-refractivity contribution in [1.29, 1.82) is 0 Å². The molecule has 1 aromatic carbocycles. The molecule has 0 radical (unpaired) electrons. The van der Waals surface area contributed by atoms with E-state index in [2.05, 4.69) is 14.9 Å². The molecule has 0 amide bonds. The van der Waals surface area contributed by atoms with E-state index >= 15 is 0 Å². The molecule has 3 aliphatic heterocycles. The summed E-state index contributed by atoms with van der Waals surface area (Å²) in [6.07, 6.45) is -4.83. The topological polar surface area (TPSA) is 73.5 Å². The van der Waals surface area contributed by atoms with E-state index in [1.807, 2.05) is 0 Å². The minimum atomic E-state index is -4.78. The van der Waals surface area contributed by atoms with E-state index in [9.17, 15) is 22.0 Å². The summed E-state index contributed by atoms with van der Waals surface area (Å²) in [4.78, 5) is 10.9. The zero-order valence-corrected chi connectivity index (χ0v) is 19.5. The number of hydrogen-bond donors (Lipinski definition) is 1. The molecule has 4 heterocycles. The van der Waals surface area contributed by atoms with Gasteiger partial charge in [-0.3, -0.25) is 4.90 Å². The number of nitrogen functional groups attached to an aromatic ring is 1. The van der Waals surface area contributed by atoms with Crippen LogP contribution in [0.25, 0.3) is 0 Å². The van der Waals surface area contributed by atoms with Crippen LogP contribution in [0.2, 0.25) is 0 Å². The molecule has 0 bridgehead atoms. The summed E-state index contributed by atoms with van der Waals surface area (Å²) >= 11 is 0. The second kappa shape index (κ2) is 8.55. The summed E-state index contributed by atoms with van der Waals surface area (Å²) in [6, 6.07) is 1.05. The number of nitrogens with two attached hydrogens (primary N) is 1. The van der Waals surface area contributed by atoms with Crippen LogP contribution in [0.3, 0.4) is 0 Å². The summed E-state index contributed by atoms with van der Waals surface area (Å²) in [5.74, 6) is -1.14. The Morgan fingerprint density at radius 3 is 2.80 bits per heavy atom. The first-order valence-electron chi connectivity index (χ1n) is 11.6. The van der Waals surface area contributed by atoms with Crippen molar-refractivity contribution in [3.8, 4) is 6.01 Å². The van der Waals surface area contributed by atoms with E-state index < -0.39 is 35.4 Å². The maximum atomic E-state index is 14.9. The maximum Gasteiger partial charge on any atom is 0.417 e. The lowest BCUT2D eigenvalue weighted by Gasteiger charge is -2.31. The molecule has 0 aliphatic carbocycles. The molecule has 35 heavy (non-hydrogen) atoms. The molecule has 6 nitrogen and oxygen atoms in total. The van der Waals surface area contributed by atoms with Gasteiger partial charge in [0.05, 0.1) is 40.9 Å². The first kappa shape index (κ1) is 24.2. The molecule has 2 saturated heterocycles. The van der Waals surface area contributed by atoms with Gasteiger partial charge in [-0.25, -0.2) is 13.8 Å². The second-order valence-electron chi connectivity index (χ2n) is 9.77. The Morgan fingerprint density at radius 1 is 1.29 bits per heavy atom. The number of hydrogen-bond acceptors (Lipinski definition) is 6. The number of rotatable bonds is 4. The van der Waals surface area contributed by atoms with Crippen molar-refractivity contribution < 1.29 is 31.4 Å². The van der Waals surface area contributed by atoms with Crippen LogP contribution in [-0.2, 0) is 23.9 Å². The van der Waals surface area contributed by atoms with Gasteiger partial charge in [0.2, 0.25) is 0 Å². The summed E-state index contributed by atoms with van der Waals surface area (Å²) in [5.41, 5.74) is 4.68. The lowest BCUT2D eigenvalue weighted by Crippen LogP contribution is -2.43. The van der Waals surface area contributed by atoms with E-state index in [0.717, 1.165) is 25.5 Å². The van der Waals surface area contributed by atoms with Gasteiger partial charge in [-0.1, -0.05) is 0 Å². The SMILES string of the molecule is Cc1cc(N)c(F)c([C@H]2Cc3nc(OC[C@@]45CCCN4C[C@H](F)C5)nc(C)c3CO2)c1C(F)(F)F. The predicted molar refractivity (Wildman–Crippen MR) is 117 cm³/mol. The standard InChI is InChI=1S/C24H27F5N4O2/c1-12-6-16(30)21(26)19(20(12)24(27,28)29)18-7-17-15(10-34-18)13(2)31-22(32-17)35-11-23-4-3-5-33(23)9-14(25)8-23/h6,14,18H,3-5,7-11,30H2,1-2H3/t14-,18-,23+/m1/s1. The van der Waals surface area contributed by atoms with E-state index in [1.54, 1.807) is 6.92 Å². The van der Waals surface area contributed by atoms with Gasteiger partial charge in [-0.15, -0.1) is 0 Å². The Morgan fingerprint density at radius 2 is 2.06 bits per heavy atom. The summed E-state index contributed by atoms with van der Waals surface area (Å²) in [6.45, 7) is 4.34. The molecule has 3 aliphatic rings. The van der Waals surface area contributed by atoms with Crippen molar-refractivity contribution in [2.45, 2.75) is 70.1 Å². The highest BCUT2D eigenvalue weighted by molar-refractivity contribution is 5.53. The molecule has 11 heteroatoms. The van der Waals surface area contributed by atoms with Crippen LogP contribution < -0.4 is 10.5 Å². The van der Waals surface area contributed by atoms with Crippen LogP contribution in [0.1, 0.15) is 59.0 Å². The third kappa shape index (κ3) is 4.22. The van der Waals surface area contributed by atoms with Crippen LogP contribution in [-0.4, -0.2) is 46.3 Å².